The second-order valence-corrected chi connectivity index (χ2v) is 7.84. The molecular weight excluding hydrogens is 234 g/mol. The Bertz CT molecular complexity index is 293. The Balaban J connectivity index is 2.20. The molecule has 1 saturated carbocycles. The number of nitrogens with one attached hydrogen (secondary N) is 1. The fourth-order valence-corrected chi connectivity index (χ4v) is 4.40. The summed E-state index contributed by atoms with van der Waals surface area (Å²) in [5, 5.41) is 3.28. The summed E-state index contributed by atoms with van der Waals surface area (Å²) in [6, 6.07) is 0.491. The van der Waals surface area contributed by atoms with Crippen molar-refractivity contribution in [3.05, 3.63) is 0 Å². The van der Waals surface area contributed by atoms with E-state index >= 15 is 0 Å². The highest BCUT2D eigenvalue weighted by Gasteiger charge is 2.26. The summed E-state index contributed by atoms with van der Waals surface area (Å²) < 4.78 is 24.1. The normalized spacial score (nSPS) is 18.8. The molecule has 1 N–H and O–H groups in total. The number of hydrogen-bond acceptors (Lipinski definition) is 3. The van der Waals surface area contributed by atoms with Gasteiger partial charge < -0.3 is 5.32 Å². The van der Waals surface area contributed by atoms with E-state index in [1.54, 1.807) is 0 Å². The van der Waals surface area contributed by atoms with Gasteiger partial charge >= 0.3 is 0 Å². The van der Waals surface area contributed by atoms with Crippen molar-refractivity contribution in [3.63, 3.8) is 0 Å². The lowest BCUT2D eigenvalue weighted by atomic mass is 10.0. The maximum Gasteiger partial charge on any atom is 0.153 e. The molecule has 0 saturated heterocycles. The van der Waals surface area contributed by atoms with E-state index in [4.69, 9.17) is 0 Å². The van der Waals surface area contributed by atoms with Crippen molar-refractivity contribution in [3.8, 4) is 0 Å². The van der Waals surface area contributed by atoms with Crippen molar-refractivity contribution < 1.29 is 8.42 Å². The number of hydrogen-bond donors (Lipinski definition) is 1. The molecule has 0 bridgehead atoms. The van der Waals surface area contributed by atoms with Crippen LogP contribution in [0.15, 0.2) is 0 Å². The lowest BCUT2D eigenvalue weighted by Gasteiger charge is -2.21. The summed E-state index contributed by atoms with van der Waals surface area (Å²) >= 11 is 0. The molecule has 0 atom stereocenters. The van der Waals surface area contributed by atoms with Gasteiger partial charge in [0, 0.05) is 6.04 Å². The van der Waals surface area contributed by atoms with E-state index in [-0.39, 0.29) is 5.25 Å². The molecule has 0 heterocycles. The third-order valence-electron chi connectivity index (χ3n) is 3.47. The van der Waals surface area contributed by atoms with Gasteiger partial charge in [0.1, 0.15) is 0 Å². The van der Waals surface area contributed by atoms with Gasteiger partial charge in [-0.05, 0) is 32.2 Å². The molecule has 0 aliphatic heterocycles. The maximum atomic E-state index is 12.1. The molecule has 0 aromatic carbocycles. The smallest absolute Gasteiger partial charge is 0.153 e. The second-order valence-electron chi connectivity index (χ2n) is 5.44. The van der Waals surface area contributed by atoms with Crippen LogP contribution < -0.4 is 5.32 Å². The van der Waals surface area contributed by atoms with Crippen LogP contribution in [-0.2, 0) is 9.84 Å². The lowest BCUT2D eigenvalue weighted by molar-refractivity contribution is 0.482. The Labute approximate surface area is 106 Å². The molecule has 1 rings (SSSR count). The third-order valence-corrected chi connectivity index (χ3v) is 5.81. The van der Waals surface area contributed by atoms with Crippen LogP contribution in [0.3, 0.4) is 0 Å². The van der Waals surface area contributed by atoms with Crippen LogP contribution in [0.4, 0.5) is 0 Å². The zero-order chi connectivity index (χ0) is 12.7. The molecule has 0 aromatic heterocycles. The van der Waals surface area contributed by atoms with Crippen LogP contribution in [-0.4, -0.2) is 32.0 Å². The summed E-state index contributed by atoms with van der Waals surface area (Å²) in [4.78, 5) is 0. The minimum Gasteiger partial charge on any atom is -0.315 e. The third kappa shape index (κ3) is 5.87. The van der Waals surface area contributed by atoms with Gasteiger partial charge in [0.2, 0.25) is 0 Å². The zero-order valence-electron chi connectivity index (χ0n) is 11.2. The first-order valence-electron chi connectivity index (χ1n) is 6.97. The van der Waals surface area contributed by atoms with Gasteiger partial charge in [0.25, 0.3) is 0 Å². The minimum absolute atomic E-state index is 0.0330. The number of rotatable bonds is 7. The highest BCUT2D eigenvalue weighted by molar-refractivity contribution is 7.92. The van der Waals surface area contributed by atoms with Gasteiger partial charge in [0.15, 0.2) is 9.84 Å². The SMILES string of the molecule is CC(C)NCCCCS(=O)(=O)C1CCCCC1. The van der Waals surface area contributed by atoms with Crippen molar-refractivity contribution in [1.82, 2.24) is 5.32 Å². The average Bonchev–Trinajstić information content (AvgIpc) is 2.29. The van der Waals surface area contributed by atoms with Gasteiger partial charge in [0.05, 0.1) is 11.0 Å². The van der Waals surface area contributed by atoms with Crippen LogP contribution >= 0.6 is 0 Å². The van der Waals surface area contributed by atoms with Crippen LogP contribution in [0.2, 0.25) is 0 Å². The molecular formula is C13H27NO2S. The molecule has 1 fully saturated rings. The van der Waals surface area contributed by atoms with Gasteiger partial charge in [-0.2, -0.15) is 0 Å². The predicted octanol–water partition coefficient (Wildman–Crippen LogP) is 2.51. The quantitative estimate of drug-likeness (QED) is 0.716. The van der Waals surface area contributed by atoms with E-state index in [0.717, 1.165) is 45.1 Å². The summed E-state index contributed by atoms with van der Waals surface area (Å²) in [6.07, 6.45) is 6.96. The first-order chi connectivity index (χ1) is 8.02. The fraction of sp³-hybridized carbons (Fsp3) is 1.00. The van der Waals surface area contributed by atoms with E-state index in [9.17, 15) is 8.42 Å². The minimum atomic E-state index is -2.81. The standard InChI is InChI=1S/C13H27NO2S/c1-12(2)14-10-6-7-11-17(15,16)13-8-4-3-5-9-13/h12-14H,3-11H2,1-2H3. The molecule has 4 heteroatoms. The summed E-state index contributed by atoms with van der Waals surface area (Å²) in [5.74, 6) is 0.386. The largest absolute Gasteiger partial charge is 0.315 e. The summed E-state index contributed by atoms with van der Waals surface area (Å²) in [7, 11) is -2.81. The second kappa shape index (κ2) is 7.37. The molecule has 1 aliphatic rings. The fourth-order valence-electron chi connectivity index (χ4n) is 2.41. The molecule has 0 radical (unpaired) electrons. The van der Waals surface area contributed by atoms with Crippen LogP contribution in [0.5, 0.6) is 0 Å². The van der Waals surface area contributed by atoms with Gasteiger partial charge in [-0.25, -0.2) is 8.42 Å². The van der Waals surface area contributed by atoms with Crippen molar-refractivity contribution >= 4 is 9.84 Å². The van der Waals surface area contributed by atoms with Gasteiger partial charge in [-0.15, -0.1) is 0 Å². The van der Waals surface area contributed by atoms with E-state index in [0.29, 0.717) is 11.8 Å². The Morgan fingerprint density at radius 1 is 1.12 bits per heavy atom. The van der Waals surface area contributed by atoms with Crippen LogP contribution in [0, 0.1) is 0 Å². The van der Waals surface area contributed by atoms with Crippen molar-refractivity contribution in [2.45, 2.75) is 70.1 Å². The van der Waals surface area contributed by atoms with E-state index < -0.39 is 9.84 Å². The summed E-state index contributed by atoms with van der Waals surface area (Å²) in [5.41, 5.74) is 0. The van der Waals surface area contributed by atoms with Crippen LogP contribution in [0.1, 0.15) is 58.8 Å². The number of unbranched alkanes of at least 4 members (excludes halogenated alkanes) is 1. The zero-order valence-corrected chi connectivity index (χ0v) is 12.1. The van der Waals surface area contributed by atoms with Crippen molar-refractivity contribution in [1.29, 1.82) is 0 Å². The van der Waals surface area contributed by atoms with Crippen molar-refractivity contribution in [2.24, 2.45) is 0 Å². The Hall–Kier alpha value is -0.0900. The topological polar surface area (TPSA) is 46.2 Å². The van der Waals surface area contributed by atoms with Gasteiger partial charge in [-0.3, -0.25) is 0 Å². The predicted molar refractivity (Wildman–Crippen MR) is 73.0 cm³/mol. The summed E-state index contributed by atoms with van der Waals surface area (Å²) in [6.45, 7) is 5.15. The van der Waals surface area contributed by atoms with E-state index in [2.05, 4.69) is 19.2 Å². The molecule has 1 aliphatic carbocycles. The number of sulfone groups is 1. The monoisotopic (exact) mass is 261 g/mol. The Morgan fingerprint density at radius 3 is 2.35 bits per heavy atom. The van der Waals surface area contributed by atoms with Crippen LogP contribution in [0.25, 0.3) is 0 Å². The molecule has 17 heavy (non-hydrogen) atoms. The van der Waals surface area contributed by atoms with E-state index in [1.165, 1.54) is 6.42 Å². The Kier molecular flexibility index (Phi) is 6.49. The lowest BCUT2D eigenvalue weighted by Crippen LogP contribution is -2.27. The van der Waals surface area contributed by atoms with Gasteiger partial charge in [-0.1, -0.05) is 33.1 Å². The van der Waals surface area contributed by atoms with E-state index in [1.807, 2.05) is 0 Å². The highest BCUT2D eigenvalue weighted by atomic mass is 32.2. The molecule has 0 spiro atoms. The molecule has 0 amide bonds. The average molecular weight is 261 g/mol. The molecule has 0 unspecified atom stereocenters. The first kappa shape index (κ1) is 15.0. The Morgan fingerprint density at radius 2 is 1.76 bits per heavy atom. The molecule has 102 valence electrons. The molecule has 3 nitrogen and oxygen atoms in total. The molecule has 0 aromatic rings. The first-order valence-corrected chi connectivity index (χ1v) is 8.69. The van der Waals surface area contributed by atoms with Crippen molar-refractivity contribution in [2.75, 3.05) is 12.3 Å². The highest BCUT2D eigenvalue weighted by Crippen LogP contribution is 2.24. The maximum absolute atomic E-state index is 12.1.